The average molecular weight is 439 g/mol. The fourth-order valence-electron chi connectivity index (χ4n) is 3.19. The van der Waals surface area contributed by atoms with Gasteiger partial charge in [0.15, 0.2) is 0 Å². The zero-order valence-corrected chi connectivity index (χ0v) is 16.8. The predicted molar refractivity (Wildman–Crippen MR) is 110 cm³/mol. The second-order valence-corrected chi connectivity index (χ2v) is 7.23. The number of amides is 1. The molecule has 0 saturated carbocycles. The van der Waals surface area contributed by atoms with Crippen molar-refractivity contribution in [3.05, 3.63) is 81.8 Å². The molecule has 0 fully saturated rings. The zero-order chi connectivity index (χ0) is 19.8. The predicted octanol–water partition coefficient (Wildman–Crippen LogP) is 5.19. The molecule has 0 unspecified atom stereocenters. The van der Waals surface area contributed by atoms with Crippen LogP contribution in [0, 0.1) is 19.7 Å². The van der Waals surface area contributed by atoms with Gasteiger partial charge in [-0.05, 0) is 60.1 Å². The van der Waals surface area contributed by atoms with Gasteiger partial charge in [0.05, 0.1) is 22.5 Å². The number of anilines is 1. The van der Waals surface area contributed by atoms with Crippen molar-refractivity contribution in [2.24, 2.45) is 0 Å². The lowest BCUT2D eigenvalue weighted by molar-refractivity contribution is 0.102. The zero-order valence-electron chi connectivity index (χ0n) is 15.2. The molecule has 2 aromatic heterocycles. The molecule has 4 rings (SSSR count). The third-order valence-corrected chi connectivity index (χ3v) is 5.15. The molecule has 2 heterocycles. The third kappa shape index (κ3) is 3.18. The summed E-state index contributed by atoms with van der Waals surface area (Å²) in [5.74, 6) is -0.318. The first-order valence-corrected chi connectivity index (χ1v) is 9.43. The van der Waals surface area contributed by atoms with Crippen LogP contribution in [0.25, 0.3) is 16.6 Å². The minimum Gasteiger partial charge on any atom is -0.306 e. The van der Waals surface area contributed by atoms with Crippen molar-refractivity contribution in [2.45, 2.75) is 13.8 Å². The molecule has 0 aliphatic rings. The van der Waals surface area contributed by atoms with Gasteiger partial charge in [-0.1, -0.05) is 24.3 Å². The molecule has 0 spiro atoms. The van der Waals surface area contributed by atoms with Crippen molar-refractivity contribution < 1.29 is 9.18 Å². The lowest BCUT2D eigenvalue weighted by Crippen LogP contribution is -2.15. The van der Waals surface area contributed by atoms with Crippen LogP contribution in [0.2, 0.25) is 0 Å². The van der Waals surface area contributed by atoms with E-state index in [9.17, 15) is 9.18 Å². The average Bonchev–Trinajstić information content (AvgIpc) is 2.95. The number of carbonyl (C=O) groups is 1. The van der Waals surface area contributed by atoms with E-state index < -0.39 is 5.82 Å². The highest BCUT2D eigenvalue weighted by atomic mass is 79.9. The highest BCUT2D eigenvalue weighted by molar-refractivity contribution is 9.10. The second-order valence-electron chi connectivity index (χ2n) is 6.37. The van der Waals surface area contributed by atoms with Gasteiger partial charge < -0.3 is 5.32 Å². The Morgan fingerprint density at radius 1 is 1.07 bits per heavy atom. The minimum absolute atomic E-state index is 0.269. The minimum atomic E-state index is -0.428. The fraction of sp³-hybridized carbons (Fsp3) is 0.0952. The number of para-hydroxylation sites is 2. The number of hydrogen-bond acceptors (Lipinski definition) is 3. The van der Waals surface area contributed by atoms with Crippen LogP contribution in [0.3, 0.4) is 0 Å². The number of rotatable bonds is 3. The Hall–Kier alpha value is -3.06. The lowest BCUT2D eigenvalue weighted by Gasteiger charge is -2.09. The maximum atomic E-state index is 14.4. The van der Waals surface area contributed by atoms with Gasteiger partial charge in [-0.3, -0.25) is 4.79 Å². The number of nitrogens with one attached hydrogen (secondary N) is 1. The molecule has 0 radical (unpaired) electrons. The monoisotopic (exact) mass is 438 g/mol. The smallest absolute Gasteiger partial charge is 0.260 e. The van der Waals surface area contributed by atoms with E-state index in [2.05, 4.69) is 31.3 Å². The van der Waals surface area contributed by atoms with Crippen LogP contribution in [-0.2, 0) is 0 Å². The van der Waals surface area contributed by atoms with Gasteiger partial charge in [0.25, 0.3) is 5.91 Å². The van der Waals surface area contributed by atoms with Crippen LogP contribution in [0.15, 0.2) is 59.1 Å². The molecule has 0 aliphatic heterocycles. The Bertz CT molecular complexity index is 1200. The molecule has 5 nitrogen and oxygen atoms in total. The molecule has 1 N–H and O–H groups in total. The molecule has 1 amide bonds. The normalized spacial score (nSPS) is 11.0. The number of aryl methyl sites for hydroxylation is 1. The molecule has 4 aromatic rings. The number of halogens is 2. The molecule has 0 atom stereocenters. The van der Waals surface area contributed by atoms with Gasteiger partial charge in [-0.15, -0.1) is 0 Å². The first-order chi connectivity index (χ1) is 13.5. The first-order valence-electron chi connectivity index (χ1n) is 8.63. The molecular formula is C21H16BrFN4O. The van der Waals surface area contributed by atoms with Crippen molar-refractivity contribution in [3.63, 3.8) is 0 Å². The highest BCUT2D eigenvalue weighted by Gasteiger charge is 2.22. The summed E-state index contributed by atoms with van der Waals surface area (Å²) in [6, 6.07) is 16.0. The Balaban J connectivity index is 1.71. The van der Waals surface area contributed by atoms with E-state index in [1.165, 1.54) is 10.7 Å². The van der Waals surface area contributed by atoms with Crippen molar-refractivity contribution in [1.82, 2.24) is 14.8 Å². The summed E-state index contributed by atoms with van der Waals surface area (Å²) in [6.07, 6.45) is 0. The summed E-state index contributed by atoms with van der Waals surface area (Å²) >= 11 is 3.35. The van der Waals surface area contributed by atoms with Crippen LogP contribution in [0.4, 0.5) is 10.2 Å². The van der Waals surface area contributed by atoms with E-state index in [1.54, 1.807) is 32.0 Å². The third-order valence-electron chi connectivity index (χ3n) is 4.51. The van der Waals surface area contributed by atoms with E-state index in [4.69, 9.17) is 0 Å². The first kappa shape index (κ1) is 18.3. The number of nitrogens with zero attached hydrogens (tertiary/aromatic N) is 3. The van der Waals surface area contributed by atoms with E-state index in [0.29, 0.717) is 27.2 Å². The standard InChI is InChI=1S/C21H16BrFN4O/c1-12-19(13(2)27(26-12)20-15(22)7-5-8-16(20)23)21(28)25-18-11-10-14-6-3-4-9-17(14)24-18/h3-11H,1-2H3,(H,24,25,28). The van der Waals surface area contributed by atoms with Gasteiger partial charge in [0, 0.05) is 9.86 Å². The van der Waals surface area contributed by atoms with Gasteiger partial charge in [0.2, 0.25) is 0 Å². The molecular weight excluding hydrogens is 423 g/mol. The number of fused-ring (bicyclic) bond motifs is 1. The van der Waals surface area contributed by atoms with Gasteiger partial charge in [0.1, 0.15) is 17.3 Å². The van der Waals surface area contributed by atoms with Gasteiger partial charge in [-0.25, -0.2) is 14.1 Å². The van der Waals surface area contributed by atoms with Crippen LogP contribution >= 0.6 is 15.9 Å². The largest absolute Gasteiger partial charge is 0.306 e. The number of pyridine rings is 1. The SMILES string of the molecule is Cc1nn(-c2c(F)cccc2Br)c(C)c1C(=O)Nc1ccc2ccccc2n1. The molecule has 2 aromatic carbocycles. The maximum Gasteiger partial charge on any atom is 0.260 e. The van der Waals surface area contributed by atoms with E-state index >= 15 is 0 Å². The quantitative estimate of drug-likeness (QED) is 0.478. The van der Waals surface area contributed by atoms with Crippen LogP contribution < -0.4 is 5.32 Å². The Morgan fingerprint density at radius 3 is 2.64 bits per heavy atom. The second kappa shape index (κ2) is 7.16. The Morgan fingerprint density at radius 2 is 1.86 bits per heavy atom. The number of aromatic nitrogens is 3. The van der Waals surface area contributed by atoms with Gasteiger partial charge >= 0.3 is 0 Å². The Labute approximate surface area is 169 Å². The number of hydrogen-bond donors (Lipinski definition) is 1. The summed E-state index contributed by atoms with van der Waals surface area (Å²) in [5, 5.41) is 8.19. The maximum absolute atomic E-state index is 14.4. The topological polar surface area (TPSA) is 59.8 Å². The summed E-state index contributed by atoms with van der Waals surface area (Å²) in [5.41, 5.74) is 2.50. The molecule has 28 heavy (non-hydrogen) atoms. The van der Waals surface area contributed by atoms with Crippen LogP contribution in [-0.4, -0.2) is 20.7 Å². The van der Waals surface area contributed by atoms with E-state index in [0.717, 1.165) is 10.9 Å². The van der Waals surface area contributed by atoms with Crippen molar-refractivity contribution in [2.75, 3.05) is 5.32 Å². The molecule has 140 valence electrons. The number of benzene rings is 2. The Kier molecular flexibility index (Phi) is 4.68. The van der Waals surface area contributed by atoms with Crippen LogP contribution in [0.5, 0.6) is 0 Å². The van der Waals surface area contributed by atoms with Crippen molar-refractivity contribution in [1.29, 1.82) is 0 Å². The summed E-state index contributed by atoms with van der Waals surface area (Å²) < 4.78 is 16.4. The highest BCUT2D eigenvalue weighted by Crippen LogP contribution is 2.27. The fourth-order valence-corrected chi connectivity index (χ4v) is 3.70. The van der Waals surface area contributed by atoms with E-state index in [1.807, 2.05) is 30.3 Å². The summed E-state index contributed by atoms with van der Waals surface area (Å²) in [7, 11) is 0. The number of carbonyl (C=O) groups excluding carboxylic acids is 1. The van der Waals surface area contributed by atoms with E-state index in [-0.39, 0.29) is 11.6 Å². The van der Waals surface area contributed by atoms with Crippen molar-refractivity contribution >= 4 is 38.6 Å². The molecule has 0 aliphatic carbocycles. The lowest BCUT2D eigenvalue weighted by atomic mass is 10.1. The van der Waals surface area contributed by atoms with Crippen molar-refractivity contribution in [3.8, 4) is 5.69 Å². The summed E-state index contributed by atoms with van der Waals surface area (Å²) in [4.78, 5) is 17.4. The van der Waals surface area contributed by atoms with Gasteiger partial charge in [-0.2, -0.15) is 5.10 Å². The molecule has 7 heteroatoms. The van der Waals surface area contributed by atoms with Crippen LogP contribution in [0.1, 0.15) is 21.7 Å². The molecule has 0 bridgehead atoms. The molecule has 0 saturated heterocycles. The summed E-state index contributed by atoms with van der Waals surface area (Å²) in [6.45, 7) is 3.46.